The zero-order chi connectivity index (χ0) is 18.7. The summed E-state index contributed by atoms with van der Waals surface area (Å²) in [5.41, 5.74) is 2.98. The molecule has 2 aromatic rings. The molecule has 0 bridgehead atoms. The molecule has 7 heteroatoms. The molecule has 1 heterocycles. The average molecular weight is 393 g/mol. The fourth-order valence-corrected chi connectivity index (χ4v) is 4.43. The smallest absolute Gasteiger partial charge is 0.238 e. The highest BCUT2D eigenvalue weighted by Crippen LogP contribution is 2.25. The predicted molar refractivity (Wildman–Crippen MR) is 102 cm³/mol. The Balaban J connectivity index is 1.70. The summed E-state index contributed by atoms with van der Waals surface area (Å²) < 4.78 is 25.6. The molecule has 0 aromatic heterocycles. The van der Waals surface area contributed by atoms with E-state index in [9.17, 15) is 13.2 Å². The van der Waals surface area contributed by atoms with Gasteiger partial charge < -0.3 is 5.32 Å². The van der Waals surface area contributed by atoms with E-state index in [-0.39, 0.29) is 12.5 Å². The van der Waals surface area contributed by atoms with Gasteiger partial charge in [-0.1, -0.05) is 48.0 Å². The topological polar surface area (TPSA) is 66.5 Å². The van der Waals surface area contributed by atoms with Gasteiger partial charge in [-0.05, 0) is 41.7 Å². The maximum absolute atomic E-state index is 12.7. The summed E-state index contributed by atoms with van der Waals surface area (Å²) in [4.78, 5) is 12.7. The Labute approximate surface area is 159 Å². The highest BCUT2D eigenvalue weighted by Gasteiger charge is 2.36. The van der Waals surface area contributed by atoms with Crippen LogP contribution < -0.4 is 5.32 Å². The van der Waals surface area contributed by atoms with Gasteiger partial charge in [-0.3, -0.25) is 4.79 Å². The molecule has 1 unspecified atom stereocenters. The van der Waals surface area contributed by atoms with Crippen molar-refractivity contribution in [2.75, 3.05) is 12.8 Å². The Morgan fingerprint density at radius 3 is 2.62 bits per heavy atom. The van der Waals surface area contributed by atoms with Crippen molar-refractivity contribution in [2.24, 2.45) is 0 Å². The second-order valence-corrected chi connectivity index (χ2v) is 8.84. The van der Waals surface area contributed by atoms with Crippen molar-refractivity contribution < 1.29 is 13.2 Å². The lowest BCUT2D eigenvalue weighted by atomic mass is 9.95. The number of benzene rings is 2. The van der Waals surface area contributed by atoms with E-state index in [1.807, 2.05) is 42.5 Å². The summed E-state index contributed by atoms with van der Waals surface area (Å²) in [7, 11) is -3.49. The number of carbonyl (C=O) groups excluding carboxylic acids is 1. The molecule has 1 amide bonds. The van der Waals surface area contributed by atoms with Gasteiger partial charge in [0.05, 0.1) is 6.26 Å². The number of rotatable bonds is 5. The Morgan fingerprint density at radius 2 is 1.92 bits per heavy atom. The lowest BCUT2D eigenvalue weighted by molar-refractivity contribution is -0.125. The highest BCUT2D eigenvalue weighted by atomic mass is 35.5. The first-order valence-corrected chi connectivity index (χ1v) is 10.6. The van der Waals surface area contributed by atoms with Crippen molar-refractivity contribution >= 4 is 27.5 Å². The van der Waals surface area contributed by atoms with Crippen molar-refractivity contribution in [3.05, 3.63) is 70.2 Å². The lowest BCUT2D eigenvalue weighted by Gasteiger charge is -2.34. The zero-order valence-electron chi connectivity index (χ0n) is 14.5. The number of amides is 1. The van der Waals surface area contributed by atoms with Crippen LogP contribution in [0.4, 0.5) is 0 Å². The average Bonchev–Trinajstić information content (AvgIpc) is 2.60. The third-order valence-corrected chi connectivity index (χ3v) is 6.01. The van der Waals surface area contributed by atoms with Crippen molar-refractivity contribution in [2.45, 2.75) is 25.4 Å². The van der Waals surface area contributed by atoms with E-state index in [2.05, 4.69) is 5.32 Å². The quantitative estimate of drug-likeness (QED) is 0.849. The summed E-state index contributed by atoms with van der Waals surface area (Å²) in [6, 6.07) is 14.4. The van der Waals surface area contributed by atoms with E-state index >= 15 is 0 Å². The number of halogens is 1. The van der Waals surface area contributed by atoms with E-state index in [1.165, 1.54) is 4.31 Å². The minimum Gasteiger partial charge on any atom is -0.354 e. The molecular weight excluding hydrogens is 372 g/mol. The molecular formula is C19H21ClN2O3S. The van der Waals surface area contributed by atoms with Crippen LogP contribution in [-0.2, 0) is 34.2 Å². The van der Waals surface area contributed by atoms with Crippen LogP contribution in [0.2, 0.25) is 5.02 Å². The maximum Gasteiger partial charge on any atom is 0.238 e. The van der Waals surface area contributed by atoms with Crippen LogP contribution in [0.3, 0.4) is 0 Å². The lowest BCUT2D eigenvalue weighted by Crippen LogP contribution is -2.52. The summed E-state index contributed by atoms with van der Waals surface area (Å²) >= 11 is 5.96. The first kappa shape index (κ1) is 18.9. The predicted octanol–water partition coefficient (Wildman–Crippen LogP) is 2.39. The van der Waals surface area contributed by atoms with Gasteiger partial charge in [0.25, 0.3) is 0 Å². The zero-order valence-corrected chi connectivity index (χ0v) is 16.1. The van der Waals surface area contributed by atoms with Crippen molar-refractivity contribution in [1.29, 1.82) is 0 Å². The molecule has 0 spiro atoms. The van der Waals surface area contributed by atoms with Crippen LogP contribution in [0.25, 0.3) is 0 Å². The second-order valence-electron chi connectivity index (χ2n) is 6.47. The fraction of sp³-hybridized carbons (Fsp3) is 0.316. The van der Waals surface area contributed by atoms with Crippen LogP contribution in [0, 0.1) is 0 Å². The van der Waals surface area contributed by atoms with Gasteiger partial charge in [0.15, 0.2) is 0 Å². The van der Waals surface area contributed by atoms with Gasteiger partial charge in [0, 0.05) is 18.1 Å². The highest BCUT2D eigenvalue weighted by molar-refractivity contribution is 7.88. The summed E-state index contributed by atoms with van der Waals surface area (Å²) in [6.45, 7) is 0.649. The number of nitrogens with one attached hydrogen (secondary N) is 1. The molecule has 1 atom stereocenters. The molecule has 0 saturated heterocycles. The van der Waals surface area contributed by atoms with Gasteiger partial charge in [0.2, 0.25) is 15.9 Å². The second kappa shape index (κ2) is 7.78. The maximum atomic E-state index is 12.7. The Bertz CT molecular complexity index is 915. The molecule has 0 fully saturated rings. The molecule has 0 saturated carbocycles. The van der Waals surface area contributed by atoms with Crippen LogP contribution >= 0.6 is 11.6 Å². The molecule has 5 nitrogen and oxygen atoms in total. The van der Waals surface area contributed by atoms with Crippen LogP contribution in [0.1, 0.15) is 16.7 Å². The van der Waals surface area contributed by atoms with Crippen molar-refractivity contribution in [3.63, 3.8) is 0 Å². The Hall–Kier alpha value is -1.89. The van der Waals surface area contributed by atoms with Gasteiger partial charge in [0.1, 0.15) is 6.04 Å². The molecule has 138 valence electrons. The Kier molecular flexibility index (Phi) is 5.65. The van der Waals surface area contributed by atoms with Gasteiger partial charge in [-0.25, -0.2) is 8.42 Å². The van der Waals surface area contributed by atoms with E-state index in [1.54, 1.807) is 6.07 Å². The van der Waals surface area contributed by atoms with E-state index in [0.717, 1.165) is 22.9 Å². The molecule has 26 heavy (non-hydrogen) atoms. The largest absolute Gasteiger partial charge is 0.354 e. The van der Waals surface area contributed by atoms with Crippen LogP contribution in [0.5, 0.6) is 0 Å². The monoisotopic (exact) mass is 392 g/mol. The van der Waals surface area contributed by atoms with Gasteiger partial charge in [-0.2, -0.15) is 4.31 Å². The van der Waals surface area contributed by atoms with Gasteiger partial charge >= 0.3 is 0 Å². The number of hydrogen-bond donors (Lipinski definition) is 1. The molecule has 0 radical (unpaired) electrons. The minimum absolute atomic E-state index is 0.224. The number of sulfonamides is 1. The van der Waals surface area contributed by atoms with E-state index in [0.29, 0.717) is 24.4 Å². The van der Waals surface area contributed by atoms with E-state index in [4.69, 9.17) is 11.6 Å². The number of hydrogen-bond acceptors (Lipinski definition) is 3. The molecule has 1 aliphatic rings. The third kappa shape index (κ3) is 4.44. The first-order chi connectivity index (χ1) is 12.3. The molecule has 2 aromatic carbocycles. The van der Waals surface area contributed by atoms with Crippen LogP contribution in [0.15, 0.2) is 48.5 Å². The van der Waals surface area contributed by atoms with Crippen LogP contribution in [-0.4, -0.2) is 37.5 Å². The normalized spacial score (nSPS) is 17.5. The summed E-state index contributed by atoms with van der Waals surface area (Å²) in [5, 5.41) is 3.52. The van der Waals surface area contributed by atoms with Gasteiger partial charge in [-0.15, -0.1) is 0 Å². The standard InChI is InChI=1S/C19H21ClN2O3S/c1-26(24,25)22-13-16-7-3-2-6-15(16)12-18(22)19(23)21-10-9-14-5-4-8-17(20)11-14/h2-8,11,18H,9-10,12-13H2,1H3,(H,21,23). The fourth-order valence-electron chi connectivity index (χ4n) is 3.21. The SMILES string of the molecule is CS(=O)(=O)N1Cc2ccccc2CC1C(=O)NCCc1cccc(Cl)c1. The molecule has 1 aliphatic heterocycles. The van der Waals surface area contributed by atoms with E-state index < -0.39 is 16.1 Å². The summed E-state index contributed by atoms with van der Waals surface area (Å²) in [5.74, 6) is -0.271. The number of nitrogens with zero attached hydrogens (tertiary/aromatic N) is 1. The Morgan fingerprint density at radius 1 is 1.19 bits per heavy atom. The van der Waals surface area contributed by atoms with Crippen molar-refractivity contribution in [3.8, 4) is 0 Å². The third-order valence-electron chi connectivity index (χ3n) is 4.54. The van der Waals surface area contributed by atoms with Crippen molar-refractivity contribution in [1.82, 2.24) is 9.62 Å². The molecule has 3 rings (SSSR count). The number of fused-ring (bicyclic) bond motifs is 1. The molecule has 1 N–H and O–H groups in total. The number of carbonyl (C=O) groups is 1. The minimum atomic E-state index is -3.49. The molecule has 0 aliphatic carbocycles. The summed E-state index contributed by atoms with van der Waals surface area (Å²) in [6.07, 6.45) is 2.16. The first-order valence-electron chi connectivity index (χ1n) is 8.40.